The average Bonchev–Trinajstić information content (AvgIpc) is 3.29. The van der Waals surface area contributed by atoms with Gasteiger partial charge in [-0.2, -0.15) is 37.0 Å². The van der Waals surface area contributed by atoms with E-state index in [2.05, 4.69) is 64.1 Å². The van der Waals surface area contributed by atoms with Gasteiger partial charge in [-0.25, -0.2) is 4.79 Å². The number of carboxylic acid groups (broad SMARTS) is 2. The van der Waals surface area contributed by atoms with Crippen LogP contribution in [0.25, 0.3) is 0 Å². The number of rotatable bonds is 50. The summed E-state index contributed by atoms with van der Waals surface area (Å²) in [6, 6.07) is -1.55. The maximum absolute atomic E-state index is 12.8. The Balaban J connectivity index is 3.76. The predicted molar refractivity (Wildman–Crippen MR) is 280 cm³/mol. The van der Waals surface area contributed by atoms with Gasteiger partial charge in [0.15, 0.2) is 0 Å². The molecule has 5 amide bonds. The van der Waals surface area contributed by atoms with Gasteiger partial charge in [0.25, 0.3) is 0 Å². The Kier molecular flexibility index (Phi) is 44.1. The third-order valence-electron chi connectivity index (χ3n) is 10.5. The molecule has 22 heteroatoms. The number of carbonyl (C=O) groups excluding carboxylic acids is 5. The molecule has 0 aliphatic rings. The van der Waals surface area contributed by atoms with Crippen LogP contribution in [0.15, 0.2) is 0 Å². The summed E-state index contributed by atoms with van der Waals surface area (Å²) in [7, 11) is 0. The van der Waals surface area contributed by atoms with Gasteiger partial charge in [0, 0.05) is 57.5 Å². The zero-order chi connectivity index (χ0) is 52.1. The summed E-state index contributed by atoms with van der Waals surface area (Å²) in [5.41, 5.74) is 0. The number of carbonyl (C=O) groups is 7. The number of thioether (sulfide) groups is 1. The summed E-state index contributed by atoms with van der Waals surface area (Å²) in [5.74, 6) is -1.26. The lowest BCUT2D eigenvalue weighted by Crippen LogP contribution is -2.52. The standard InChI is InChI=1S/C48H90N6O13S3/c1-4-70-37-44(68)53-38(46(61)54-48(2,3)69)19-17-18-26-49-41(56)24-29-64-33-36-67-32-28-51-42(57)25-30-65-34-35-66-31-27-50-40(55)23-22-39(47(62)63)52-43(58)20-15-13-11-9-7-5-6-8-10-12-14-16-21-45(59)60/h38-39,44,53,68-69H,4-37H2,1-3H3,(H,49,56)(H,50,55)(H,51,57)(H,52,58)(H,54,61)(H,59,60)(H,62,63). The van der Waals surface area contributed by atoms with Crippen molar-refractivity contribution in [2.75, 3.05) is 84.0 Å². The minimum absolute atomic E-state index is 0.0244. The molecule has 70 heavy (non-hydrogen) atoms. The summed E-state index contributed by atoms with van der Waals surface area (Å²) in [5, 5.41) is 35.1. The molecule has 0 saturated heterocycles. The predicted octanol–water partition coefficient (Wildman–Crippen LogP) is 5.00. The van der Waals surface area contributed by atoms with Gasteiger partial charge in [-0.05, 0) is 58.1 Å². The van der Waals surface area contributed by atoms with Crippen LogP contribution in [0.4, 0.5) is 0 Å². The Bertz CT molecular complexity index is 1420. The van der Waals surface area contributed by atoms with Crippen molar-refractivity contribution in [3.05, 3.63) is 0 Å². The van der Waals surface area contributed by atoms with Gasteiger partial charge >= 0.3 is 11.9 Å². The van der Waals surface area contributed by atoms with E-state index in [9.17, 15) is 38.7 Å². The van der Waals surface area contributed by atoms with Crippen LogP contribution in [-0.2, 0) is 52.5 Å². The molecule has 0 aromatic heterocycles. The van der Waals surface area contributed by atoms with Crippen LogP contribution in [0.3, 0.4) is 0 Å². The molecule has 3 atom stereocenters. The van der Waals surface area contributed by atoms with Gasteiger partial charge in [-0.1, -0.05) is 71.1 Å². The normalized spacial score (nSPS) is 12.7. The summed E-state index contributed by atoms with van der Waals surface area (Å²) >= 11 is 10.7. The van der Waals surface area contributed by atoms with E-state index in [0.717, 1.165) is 75.7 Å². The molecule has 0 aliphatic heterocycles. The molecule has 19 nitrogen and oxygen atoms in total. The van der Waals surface area contributed by atoms with Gasteiger partial charge in [-0.15, -0.1) is 0 Å². The van der Waals surface area contributed by atoms with Gasteiger partial charge in [0.05, 0.1) is 69.1 Å². The second-order valence-electron chi connectivity index (χ2n) is 17.6. The molecule has 0 fully saturated rings. The quantitative estimate of drug-likeness (QED) is 0.0218. The summed E-state index contributed by atoms with van der Waals surface area (Å²) < 4.78 is 21.8. The summed E-state index contributed by atoms with van der Waals surface area (Å²) in [6.45, 7) is 8.92. The van der Waals surface area contributed by atoms with E-state index in [1.54, 1.807) is 11.8 Å². The van der Waals surface area contributed by atoms with E-state index in [4.69, 9.17) is 24.1 Å². The van der Waals surface area contributed by atoms with E-state index in [1.807, 2.05) is 13.8 Å². The van der Waals surface area contributed by atoms with E-state index >= 15 is 0 Å². The van der Waals surface area contributed by atoms with Crippen LogP contribution in [-0.4, -0.2) is 158 Å². The highest BCUT2D eigenvalue weighted by Gasteiger charge is 2.25. The first kappa shape index (κ1) is 67.1. The number of thiol groups is 2. The molecule has 0 aromatic carbocycles. The summed E-state index contributed by atoms with van der Waals surface area (Å²) in [4.78, 5) is 83.2. The van der Waals surface area contributed by atoms with Crippen molar-refractivity contribution < 1.29 is 62.7 Å². The first-order valence-electron chi connectivity index (χ1n) is 25.4. The van der Waals surface area contributed by atoms with Crippen molar-refractivity contribution in [2.24, 2.45) is 0 Å². The van der Waals surface area contributed by atoms with Crippen molar-refractivity contribution in [3.8, 4) is 0 Å². The molecular weight excluding hydrogens is 965 g/mol. The van der Waals surface area contributed by atoms with Crippen LogP contribution in [0.1, 0.15) is 156 Å². The molecule has 0 saturated carbocycles. The largest absolute Gasteiger partial charge is 0.481 e. The monoisotopic (exact) mass is 1050 g/mol. The number of unbranched alkanes of at least 4 members (excludes halogenated alkanes) is 12. The number of aliphatic carboxylic acids is 2. The fraction of sp³-hybridized carbons (Fsp3) is 0.854. The Morgan fingerprint density at radius 2 is 0.986 bits per heavy atom. The zero-order valence-corrected chi connectivity index (χ0v) is 45.1. The fourth-order valence-electron chi connectivity index (χ4n) is 6.78. The van der Waals surface area contributed by atoms with Crippen LogP contribution in [0, 0.1) is 0 Å². The lowest BCUT2D eigenvalue weighted by molar-refractivity contribution is -0.142. The Morgan fingerprint density at radius 1 is 0.529 bits per heavy atom. The van der Waals surface area contributed by atoms with Crippen molar-refractivity contribution in [3.63, 3.8) is 0 Å². The average molecular weight is 1060 g/mol. The van der Waals surface area contributed by atoms with E-state index in [-0.39, 0.29) is 113 Å². The lowest BCUT2D eigenvalue weighted by atomic mass is 10.0. The van der Waals surface area contributed by atoms with Crippen molar-refractivity contribution in [1.82, 2.24) is 31.9 Å². The Labute approximate surface area is 433 Å². The minimum Gasteiger partial charge on any atom is -0.481 e. The van der Waals surface area contributed by atoms with Gasteiger partial charge in [0.2, 0.25) is 29.5 Å². The molecule has 8 N–H and O–H groups in total. The minimum atomic E-state index is -1.18. The van der Waals surface area contributed by atoms with Crippen molar-refractivity contribution in [2.45, 2.75) is 178 Å². The van der Waals surface area contributed by atoms with Gasteiger partial charge in [0.1, 0.15) is 6.04 Å². The highest BCUT2D eigenvalue weighted by Crippen LogP contribution is 2.14. The topological polar surface area (TPSA) is 269 Å². The number of hydrogen-bond donors (Lipinski definition) is 10. The molecule has 0 spiro atoms. The van der Waals surface area contributed by atoms with E-state index in [0.29, 0.717) is 45.8 Å². The van der Waals surface area contributed by atoms with Crippen molar-refractivity contribution >= 4 is 78.5 Å². The van der Waals surface area contributed by atoms with Crippen LogP contribution >= 0.6 is 37.0 Å². The molecule has 0 rings (SSSR count). The van der Waals surface area contributed by atoms with Crippen molar-refractivity contribution in [1.29, 1.82) is 0 Å². The molecule has 408 valence electrons. The molecule has 0 aromatic rings. The highest BCUT2D eigenvalue weighted by molar-refractivity contribution is 8.00. The first-order valence-corrected chi connectivity index (χ1v) is 27.6. The second-order valence-corrected chi connectivity index (χ2v) is 20.6. The molecule has 3 unspecified atom stereocenters. The third kappa shape index (κ3) is 46.2. The Hall–Kier alpha value is -2.86. The first-order chi connectivity index (χ1) is 33.5. The van der Waals surface area contributed by atoms with Crippen LogP contribution < -0.4 is 31.9 Å². The van der Waals surface area contributed by atoms with E-state index < -0.39 is 28.9 Å². The van der Waals surface area contributed by atoms with Crippen LogP contribution in [0.2, 0.25) is 0 Å². The molecular formula is C48H90N6O13S3. The second kappa shape index (κ2) is 46.0. The third-order valence-corrected chi connectivity index (χ3v) is 12.2. The summed E-state index contributed by atoms with van der Waals surface area (Å²) in [6.07, 6.45) is 15.2. The van der Waals surface area contributed by atoms with Crippen LogP contribution in [0.5, 0.6) is 0 Å². The smallest absolute Gasteiger partial charge is 0.326 e. The SMILES string of the molecule is CCSCC(S)NC(CCCCNC(=O)CCOCCOCCNC(=O)CCOCCOCCNC(=O)CCC(NC(=O)CCCCCCCCCCCCCCC(=O)O)C(=O)O)C(=O)NC(C)(C)S. The lowest BCUT2D eigenvalue weighted by Gasteiger charge is -2.27. The maximum atomic E-state index is 12.8. The number of ether oxygens (including phenoxy) is 4. The molecule has 0 aliphatic carbocycles. The Morgan fingerprint density at radius 3 is 1.46 bits per heavy atom. The number of carboxylic acids is 2. The zero-order valence-electron chi connectivity index (χ0n) is 42.5. The fourth-order valence-corrected chi connectivity index (χ4v) is 7.94. The highest BCUT2D eigenvalue weighted by atomic mass is 32.2. The van der Waals surface area contributed by atoms with Gasteiger partial charge < -0.3 is 55.7 Å². The molecule has 0 heterocycles. The van der Waals surface area contributed by atoms with Gasteiger partial charge in [-0.3, -0.25) is 34.1 Å². The number of amides is 5. The number of nitrogens with one attached hydrogen (secondary N) is 6. The molecule has 0 bridgehead atoms. The maximum Gasteiger partial charge on any atom is 0.326 e. The van der Waals surface area contributed by atoms with E-state index in [1.165, 1.54) is 19.3 Å². The number of hydrogen-bond acceptors (Lipinski definition) is 15. The molecule has 0 radical (unpaired) electrons.